The van der Waals surface area contributed by atoms with E-state index < -0.39 is 13.0 Å². The zero-order valence-electron chi connectivity index (χ0n) is 21.4. The van der Waals surface area contributed by atoms with Crippen molar-refractivity contribution in [2.45, 2.75) is 59.8 Å². The number of alkyl halides is 2. The average molecular weight is 537 g/mol. The molecule has 0 saturated heterocycles. The molecular formula is C25H31ClF2N6OS. The molecule has 0 aliphatic heterocycles. The van der Waals surface area contributed by atoms with E-state index >= 15 is 0 Å². The molecule has 0 aliphatic rings. The molecule has 0 aliphatic carbocycles. The molecule has 11 heteroatoms. The molecule has 4 aromatic rings. The molecule has 0 amide bonds. The first kappa shape index (κ1) is 29.3. The van der Waals surface area contributed by atoms with Gasteiger partial charge in [-0.05, 0) is 44.9 Å². The molecule has 0 spiro atoms. The molecular weight excluding hydrogens is 506 g/mol. The zero-order chi connectivity index (χ0) is 26.8. The molecule has 0 bridgehead atoms. The predicted molar refractivity (Wildman–Crippen MR) is 144 cm³/mol. The van der Waals surface area contributed by atoms with E-state index in [1.165, 1.54) is 11.9 Å². The SMILES string of the molecule is CC.CC.Cc1nccc(-c2c(Cl)ccc3c(SNc4nc(C)c(OCC(F)F)c(C)n4)c[nH]c23)n1. The number of ether oxygens (including phenoxy) is 1. The number of hydrogen-bond donors (Lipinski definition) is 2. The molecule has 3 aromatic heterocycles. The summed E-state index contributed by atoms with van der Waals surface area (Å²) in [6.45, 7) is 12.5. The first-order chi connectivity index (χ1) is 17.3. The topological polar surface area (TPSA) is 88.6 Å². The third kappa shape index (κ3) is 7.04. The Hall–Kier alpha value is -2.98. The molecule has 36 heavy (non-hydrogen) atoms. The van der Waals surface area contributed by atoms with Crippen LogP contribution in [0.1, 0.15) is 44.9 Å². The average Bonchev–Trinajstić information content (AvgIpc) is 3.27. The van der Waals surface area contributed by atoms with E-state index in [2.05, 4.69) is 29.6 Å². The second-order valence-electron chi connectivity index (χ2n) is 6.94. The Morgan fingerprint density at radius 1 is 1.03 bits per heavy atom. The minimum Gasteiger partial charge on any atom is -0.484 e. The Morgan fingerprint density at radius 2 is 1.69 bits per heavy atom. The van der Waals surface area contributed by atoms with Gasteiger partial charge in [0.05, 0.1) is 32.5 Å². The molecule has 0 fully saturated rings. The van der Waals surface area contributed by atoms with E-state index in [-0.39, 0.29) is 5.75 Å². The summed E-state index contributed by atoms with van der Waals surface area (Å²) >= 11 is 7.81. The van der Waals surface area contributed by atoms with Crippen molar-refractivity contribution in [2.24, 2.45) is 0 Å². The number of halogens is 3. The molecule has 194 valence electrons. The van der Waals surface area contributed by atoms with Gasteiger partial charge < -0.3 is 9.72 Å². The summed E-state index contributed by atoms with van der Waals surface area (Å²) < 4.78 is 33.1. The molecule has 2 N–H and O–H groups in total. The standard InChI is InChI=1S/C21H19ClF2N6OS.2C2H6/c1-10-20(31-9-17(23)24)11(2)28-21(27-10)30-32-16-8-26-19-13(16)4-5-14(22)18(19)15-6-7-25-12(3)29-15;2*1-2/h4-8,17,26H,9H2,1-3H3,(H,27,28,30);2*1-2H3. The minimum atomic E-state index is -2.56. The first-order valence-electron chi connectivity index (χ1n) is 11.6. The third-order valence-electron chi connectivity index (χ3n) is 4.61. The van der Waals surface area contributed by atoms with Crippen LogP contribution in [0, 0.1) is 20.8 Å². The maximum absolute atomic E-state index is 12.5. The number of aromatic amines is 1. The van der Waals surface area contributed by atoms with Gasteiger partial charge in [0.15, 0.2) is 5.75 Å². The number of rotatable bonds is 7. The van der Waals surface area contributed by atoms with Gasteiger partial charge in [-0.2, -0.15) is 0 Å². The Kier molecular flexibility index (Phi) is 11.3. The fourth-order valence-electron chi connectivity index (χ4n) is 3.29. The van der Waals surface area contributed by atoms with Gasteiger partial charge in [0, 0.05) is 23.3 Å². The van der Waals surface area contributed by atoms with Gasteiger partial charge in [-0.1, -0.05) is 45.4 Å². The second-order valence-corrected chi connectivity index (χ2v) is 8.20. The van der Waals surface area contributed by atoms with Gasteiger partial charge >= 0.3 is 0 Å². The van der Waals surface area contributed by atoms with Crippen molar-refractivity contribution < 1.29 is 13.5 Å². The fourth-order valence-corrected chi connectivity index (χ4v) is 4.23. The number of aryl methyl sites for hydroxylation is 3. The summed E-state index contributed by atoms with van der Waals surface area (Å²) in [5.41, 5.74) is 3.34. The molecule has 0 saturated carbocycles. The van der Waals surface area contributed by atoms with Crippen LogP contribution in [0.5, 0.6) is 5.75 Å². The number of hydrogen-bond acceptors (Lipinski definition) is 7. The molecule has 3 heterocycles. The van der Waals surface area contributed by atoms with E-state index in [4.69, 9.17) is 16.3 Å². The molecule has 1 aromatic carbocycles. The summed E-state index contributed by atoms with van der Waals surface area (Å²) in [5, 5.41) is 1.53. The number of aromatic nitrogens is 5. The lowest BCUT2D eigenvalue weighted by molar-refractivity contribution is 0.0808. The maximum Gasteiger partial charge on any atom is 0.272 e. The Bertz CT molecular complexity index is 1260. The summed E-state index contributed by atoms with van der Waals surface area (Å²) in [6.07, 6.45) is 0.994. The third-order valence-corrected chi connectivity index (χ3v) is 5.77. The second kappa shape index (κ2) is 13.9. The van der Waals surface area contributed by atoms with E-state index in [0.29, 0.717) is 28.2 Å². The normalized spacial score (nSPS) is 10.4. The lowest BCUT2D eigenvalue weighted by atomic mass is 10.1. The Balaban J connectivity index is 0.00000109. The van der Waals surface area contributed by atoms with Crippen LogP contribution in [0.4, 0.5) is 14.7 Å². The van der Waals surface area contributed by atoms with E-state index in [0.717, 1.165) is 27.1 Å². The number of H-pyrrole nitrogens is 1. The van der Waals surface area contributed by atoms with Crippen molar-refractivity contribution in [1.82, 2.24) is 24.9 Å². The smallest absolute Gasteiger partial charge is 0.272 e. The lowest BCUT2D eigenvalue weighted by Crippen LogP contribution is -2.11. The van der Waals surface area contributed by atoms with Gasteiger partial charge in [0.1, 0.15) is 12.4 Å². The predicted octanol–water partition coefficient (Wildman–Crippen LogP) is 7.81. The van der Waals surface area contributed by atoms with Crippen LogP contribution in [0.3, 0.4) is 0 Å². The Morgan fingerprint density at radius 3 is 2.31 bits per heavy atom. The highest BCUT2D eigenvalue weighted by Gasteiger charge is 2.16. The van der Waals surface area contributed by atoms with Gasteiger partial charge in [-0.15, -0.1) is 0 Å². The summed E-state index contributed by atoms with van der Waals surface area (Å²) in [5.74, 6) is 1.28. The van der Waals surface area contributed by atoms with E-state index in [1.807, 2.05) is 59.0 Å². The monoisotopic (exact) mass is 536 g/mol. The van der Waals surface area contributed by atoms with Crippen LogP contribution >= 0.6 is 23.5 Å². The first-order valence-corrected chi connectivity index (χ1v) is 12.8. The van der Waals surface area contributed by atoms with Crippen molar-refractivity contribution in [1.29, 1.82) is 0 Å². The van der Waals surface area contributed by atoms with Gasteiger partial charge in [-0.3, -0.25) is 4.72 Å². The zero-order valence-corrected chi connectivity index (χ0v) is 23.0. The van der Waals surface area contributed by atoms with Crippen LogP contribution in [0.25, 0.3) is 22.2 Å². The lowest BCUT2D eigenvalue weighted by Gasteiger charge is -2.12. The van der Waals surface area contributed by atoms with Crippen molar-refractivity contribution in [3.05, 3.63) is 52.8 Å². The van der Waals surface area contributed by atoms with Crippen LogP contribution in [0.2, 0.25) is 5.02 Å². The number of benzene rings is 1. The number of anilines is 1. The summed E-state index contributed by atoms with van der Waals surface area (Å²) in [7, 11) is 0. The van der Waals surface area contributed by atoms with Crippen LogP contribution in [-0.4, -0.2) is 38.0 Å². The summed E-state index contributed by atoms with van der Waals surface area (Å²) in [6, 6.07) is 5.57. The van der Waals surface area contributed by atoms with Gasteiger partial charge in [-0.25, -0.2) is 28.7 Å². The fraction of sp³-hybridized carbons (Fsp3) is 0.360. The van der Waals surface area contributed by atoms with Crippen LogP contribution < -0.4 is 9.46 Å². The highest BCUT2D eigenvalue weighted by molar-refractivity contribution is 8.00. The molecule has 0 atom stereocenters. The van der Waals surface area contributed by atoms with Crippen molar-refractivity contribution >= 4 is 40.4 Å². The van der Waals surface area contributed by atoms with E-state index in [1.54, 1.807) is 20.0 Å². The maximum atomic E-state index is 12.5. The number of nitrogens with zero attached hydrogens (tertiary/aromatic N) is 4. The number of nitrogens with one attached hydrogen (secondary N) is 2. The van der Waals surface area contributed by atoms with Crippen LogP contribution in [-0.2, 0) is 0 Å². The van der Waals surface area contributed by atoms with Crippen molar-refractivity contribution in [3.63, 3.8) is 0 Å². The molecule has 0 unspecified atom stereocenters. The Labute approximate surface area is 219 Å². The number of fused-ring (bicyclic) bond motifs is 1. The largest absolute Gasteiger partial charge is 0.484 e. The molecule has 0 radical (unpaired) electrons. The summed E-state index contributed by atoms with van der Waals surface area (Å²) in [4.78, 5) is 21.5. The van der Waals surface area contributed by atoms with Gasteiger partial charge in [0.25, 0.3) is 6.43 Å². The molecule has 7 nitrogen and oxygen atoms in total. The van der Waals surface area contributed by atoms with Crippen molar-refractivity contribution in [3.8, 4) is 17.0 Å². The van der Waals surface area contributed by atoms with Gasteiger partial charge in [0.2, 0.25) is 5.95 Å². The van der Waals surface area contributed by atoms with Crippen LogP contribution in [0.15, 0.2) is 35.5 Å². The highest BCUT2D eigenvalue weighted by Crippen LogP contribution is 2.38. The van der Waals surface area contributed by atoms with Crippen molar-refractivity contribution in [2.75, 3.05) is 11.3 Å². The van der Waals surface area contributed by atoms with E-state index in [9.17, 15) is 8.78 Å². The molecule has 4 rings (SSSR count). The highest BCUT2D eigenvalue weighted by atomic mass is 35.5. The quantitative estimate of drug-likeness (QED) is 0.233. The minimum absolute atomic E-state index is 0.271.